The topological polar surface area (TPSA) is 34.1 Å². The highest BCUT2D eigenvalue weighted by Gasteiger charge is 2.13. The van der Waals surface area contributed by atoms with Crippen molar-refractivity contribution in [3.05, 3.63) is 16.1 Å². The second-order valence-corrected chi connectivity index (χ2v) is 4.10. The summed E-state index contributed by atoms with van der Waals surface area (Å²) < 4.78 is 5.53. The van der Waals surface area contributed by atoms with E-state index in [1.54, 1.807) is 11.3 Å². The zero-order chi connectivity index (χ0) is 10.4. The number of nitrogens with one attached hydrogen (secondary N) is 1. The van der Waals surface area contributed by atoms with Gasteiger partial charge < -0.3 is 10.1 Å². The van der Waals surface area contributed by atoms with Crippen molar-refractivity contribution in [2.24, 2.45) is 0 Å². The Kier molecular flexibility index (Phi) is 5.07. The molecule has 80 valence electrons. The first-order chi connectivity index (χ1) is 6.79. The SMILES string of the molecule is CCCOCC(NC)c1scnc1C. The second-order valence-electron chi connectivity index (χ2n) is 3.22. The average molecular weight is 214 g/mol. The summed E-state index contributed by atoms with van der Waals surface area (Å²) in [7, 11) is 1.96. The van der Waals surface area contributed by atoms with Crippen LogP contribution >= 0.6 is 11.3 Å². The summed E-state index contributed by atoms with van der Waals surface area (Å²) in [6.07, 6.45) is 1.07. The van der Waals surface area contributed by atoms with Crippen LogP contribution in [-0.2, 0) is 4.74 Å². The van der Waals surface area contributed by atoms with Gasteiger partial charge in [0.1, 0.15) is 0 Å². The molecule has 4 heteroatoms. The Labute approximate surface area is 89.5 Å². The molecule has 0 spiro atoms. The minimum absolute atomic E-state index is 0.286. The van der Waals surface area contributed by atoms with Gasteiger partial charge >= 0.3 is 0 Å². The molecule has 0 amide bonds. The summed E-state index contributed by atoms with van der Waals surface area (Å²) in [5, 5.41) is 3.25. The van der Waals surface area contributed by atoms with Crippen molar-refractivity contribution in [3.8, 4) is 0 Å². The first-order valence-electron chi connectivity index (χ1n) is 4.94. The molecule has 0 bridgehead atoms. The monoisotopic (exact) mass is 214 g/mol. The number of likely N-dealkylation sites (N-methyl/N-ethyl adjacent to an activating group) is 1. The van der Waals surface area contributed by atoms with Crippen molar-refractivity contribution in [3.63, 3.8) is 0 Å². The zero-order valence-corrected chi connectivity index (χ0v) is 9.86. The van der Waals surface area contributed by atoms with Crippen LogP contribution in [0.25, 0.3) is 0 Å². The van der Waals surface area contributed by atoms with Crippen LogP contribution in [0.15, 0.2) is 5.51 Å². The summed E-state index contributed by atoms with van der Waals surface area (Å²) in [6.45, 7) is 5.71. The molecule has 0 aliphatic heterocycles. The maximum atomic E-state index is 5.53. The Bertz CT molecular complexity index is 262. The lowest BCUT2D eigenvalue weighted by atomic mass is 10.2. The van der Waals surface area contributed by atoms with Gasteiger partial charge in [-0.25, -0.2) is 4.98 Å². The molecule has 0 aliphatic rings. The van der Waals surface area contributed by atoms with Crippen molar-refractivity contribution >= 4 is 11.3 Å². The average Bonchev–Trinajstić information content (AvgIpc) is 2.60. The molecule has 1 heterocycles. The van der Waals surface area contributed by atoms with E-state index in [-0.39, 0.29) is 6.04 Å². The summed E-state index contributed by atoms with van der Waals surface area (Å²) in [5.41, 5.74) is 2.99. The minimum atomic E-state index is 0.286. The molecular weight excluding hydrogens is 196 g/mol. The Hall–Kier alpha value is -0.450. The summed E-state index contributed by atoms with van der Waals surface area (Å²) in [6, 6.07) is 0.286. The van der Waals surface area contributed by atoms with Gasteiger partial charge in [-0.05, 0) is 20.4 Å². The first-order valence-corrected chi connectivity index (χ1v) is 5.82. The number of nitrogens with zero attached hydrogens (tertiary/aromatic N) is 1. The molecule has 1 unspecified atom stereocenters. The van der Waals surface area contributed by atoms with Gasteiger partial charge in [0.15, 0.2) is 0 Å². The predicted molar refractivity (Wildman–Crippen MR) is 59.8 cm³/mol. The summed E-state index contributed by atoms with van der Waals surface area (Å²) in [5.74, 6) is 0. The molecular formula is C10H18N2OS. The Morgan fingerprint density at radius 1 is 1.64 bits per heavy atom. The maximum absolute atomic E-state index is 5.53. The fourth-order valence-corrected chi connectivity index (χ4v) is 2.18. The summed E-state index contributed by atoms with van der Waals surface area (Å²) in [4.78, 5) is 5.52. The minimum Gasteiger partial charge on any atom is -0.379 e. The third-order valence-electron chi connectivity index (χ3n) is 2.08. The number of thiazole rings is 1. The quantitative estimate of drug-likeness (QED) is 0.737. The highest BCUT2D eigenvalue weighted by Crippen LogP contribution is 2.21. The molecule has 0 aliphatic carbocycles. The Morgan fingerprint density at radius 3 is 2.93 bits per heavy atom. The van der Waals surface area contributed by atoms with E-state index in [4.69, 9.17) is 4.74 Å². The molecule has 0 aromatic carbocycles. The number of hydrogen-bond donors (Lipinski definition) is 1. The Morgan fingerprint density at radius 2 is 2.43 bits per heavy atom. The van der Waals surface area contributed by atoms with Crippen LogP contribution in [0.5, 0.6) is 0 Å². The molecule has 0 saturated heterocycles. The number of ether oxygens (including phenoxy) is 1. The summed E-state index contributed by atoms with van der Waals surface area (Å²) >= 11 is 1.69. The number of aromatic nitrogens is 1. The normalized spacial score (nSPS) is 13.1. The smallest absolute Gasteiger partial charge is 0.0798 e. The van der Waals surface area contributed by atoms with Crippen LogP contribution in [0.2, 0.25) is 0 Å². The van der Waals surface area contributed by atoms with Gasteiger partial charge in [-0.3, -0.25) is 0 Å². The third-order valence-corrected chi connectivity index (χ3v) is 3.13. The predicted octanol–water partition coefficient (Wildman–Crippen LogP) is 2.14. The van der Waals surface area contributed by atoms with E-state index in [1.807, 2.05) is 19.5 Å². The van der Waals surface area contributed by atoms with Crippen molar-refractivity contribution in [1.29, 1.82) is 0 Å². The van der Waals surface area contributed by atoms with Gasteiger partial charge in [0.25, 0.3) is 0 Å². The van der Waals surface area contributed by atoms with E-state index in [0.717, 1.165) is 25.3 Å². The molecule has 1 atom stereocenters. The fraction of sp³-hybridized carbons (Fsp3) is 0.700. The number of rotatable bonds is 6. The van der Waals surface area contributed by atoms with Gasteiger partial charge in [0, 0.05) is 11.5 Å². The number of hydrogen-bond acceptors (Lipinski definition) is 4. The lowest BCUT2D eigenvalue weighted by Gasteiger charge is -2.15. The van der Waals surface area contributed by atoms with Gasteiger partial charge in [-0.15, -0.1) is 11.3 Å². The van der Waals surface area contributed by atoms with E-state index in [0.29, 0.717) is 0 Å². The van der Waals surface area contributed by atoms with E-state index >= 15 is 0 Å². The molecule has 0 radical (unpaired) electrons. The first kappa shape index (κ1) is 11.6. The van der Waals surface area contributed by atoms with Crippen LogP contribution in [0.1, 0.15) is 30.0 Å². The van der Waals surface area contributed by atoms with Gasteiger partial charge in [0.05, 0.1) is 23.9 Å². The van der Waals surface area contributed by atoms with E-state index in [2.05, 4.69) is 17.2 Å². The van der Waals surface area contributed by atoms with Crippen LogP contribution in [0, 0.1) is 6.92 Å². The second kappa shape index (κ2) is 6.11. The molecule has 0 fully saturated rings. The molecule has 1 aromatic rings. The van der Waals surface area contributed by atoms with Gasteiger partial charge in [0.2, 0.25) is 0 Å². The lowest BCUT2D eigenvalue weighted by Crippen LogP contribution is -2.21. The van der Waals surface area contributed by atoms with Gasteiger partial charge in [-0.2, -0.15) is 0 Å². The van der Waals surface area contributed by atoms with E-state index < -0.39 is 0 Å². The zero-order valence-electron chi connectivity index (χ0n) is 9.04. The highest BCUT2D eigenvalue weighted by atomic mass is 32.1. The highest BCUT2D eigenvalue weighted by molar-refractivity contribution is 7.09. The van der Waals surface area contributed by atoms with Gasteiger partial charge in [-0.1, -0.05) is 6.92 Å². The largest absolute Gasteiger partial charge is 0.379 e. The third kappa shape index (κ3) is 3.04. The molecule has 3 nitrogen and oxygen atoms in total. The van der Waals surface area contributed by atoms with E-state index in [9.17, 15) is 0 Å². The van der Waals surface area contributed by atoms with E-state index in [1.165, 1.54) is 4.88 Å². The molecule has 0 saturated carbocycles. The molecule has 1 N–H and O–H groups in total. The van der Waals surface area contributed by atoms with Crippen LogP contribution in [0.3, 0.4) is 0 Å². The van der Waals surface area contributed by atoms with Crippen LogP contribution in [0.4, 0.5) is 0 Å². The van der Waals surface area contributed by atoms with Crippen molar-refractivity contribution < 1.29 is 4.74 Å². The lowest BCUT2D eigenvalue weighted by molar-refractivity contribution is 0.114. The van der Waals surface area contributed by atoms with Crippen molar-refractivity contribution in [2.75, 3.05) is 20.3 Å². The number of aryl methyl sites for hydroxylation is 1. The molecule has 1 rings (SSSR count). The molecule has 1 aromatic heterocycles. The fourth-order valence-electron chi connectivity index (χ4n) is 1.28. The van der Waals surface area contributed by atoms with Crippen molar-refractivity contribution in [1.82, 2.24) is 10.3 Å². The standard InChI is InChI=1S/C10H18N2OS/c1-4-5-13-6-9(11-3)10-8(2)12-7-14-10/h7,9,11H,4-6H2,1-3H3. The van der Waals surface area contributed by atoms with Crippen LogP contribution in [-0.4, -0.2) is 25.2 Å². The Balaban J connectivity index is 2.50. The van der Waals surface area contributed by atoms with Crippen molar-refractivity contribution in [2.45, 2.75) is 26.3 Å². The maximum Gasteiger partial charge on any atom is 0.0798 e. The van der Waals surface area contributed by atoms with Crippen LogP contribution < -0.4 is 5.32 Å². The molecule has 14 heavy (non-hydrogen) atoms.